The normalized spacial score (nSPS) is 30.6. The molecule has 0 aromatic carbocycles. The van der Waals surface area contributed by atoms with Crippen LogP contribution in [0.15, 0.2) is 21.9 Å². The predicted octanol–water partition coefficient (Wildman–Crippen LogP) is -1.58. The van der Waals surface area contributed by atoms with Crippen LogP contribution in [0.2, 0.25) is 0 Å². The van der Waals surface area contributed by atoms with Crippen LogP contribution < -0.4 is 11.2 Å². The number of nitrogens with zero attached hydrogens (tertiary/aromatic N) is 1. The van der Waals surface area contributed by atoms with Gasteiger partial charge in [0, 0.05) is 12.3 Å². The van der Waals surface area contributed by atoms with E-state index in [9.17, 15) is 23.5 Å². The number of nitrogens with one attached hydrogen (secondary N) is 1. The Balaban J connectivity index is 2.45. The molecular weight excluding hydrogens is 254 g/mol. The molecule has 1 aliphatic rings. The largest absolute Gasteiger partial charge is 0.394 e. The monoisotopic (exact) mass is 264 g/mol. The van der Waals surface area contributed by atoms with Gasteiger partial charge in [0.15, 0.2) is 6.10 Å². The topological polar surface area (TPSA) is 105 Å². The SMILES string of the molecule is O=c1ccn([C@@H]2O[C@@H](CO)[C@H](O)C2(F)F)c(=O)[nH]1. The van der Waals surface area contributed by atoms with E-state index < -0.39 is 42.2 Å². The van der Waals surface area contributed by atoms with Crippen LogP contribution in [0.5, 0.6) is 0 Å². The number of ether oxygens (including phenoxy) is 1. The van der Waals surface area contributed by atoms with Crippen LogP contribution in [0.3, 0.4) is 0 Å². The van der Waals surface area contributed by atoms with Crippen LogP contribution >= 0.6 is 0 Å². The van der Waals surface area contributed by atoms with E-state index in [2.05, 4.69) is 0 Å². The lowest BCUT2D eigenvalue weighted by Gasteiger charge is -2.20. The number of aromatic amines is 1. The first-order valence-corrected chi connectivity index (χ1v) is 5.01. The molecule has 9 heteroatoms. The maximum Gasteiger partial charge on any atom is 0.330 e. The quantitative estimate of drug-likeness (QED) is 0.598. The van der Waals surface area contributed by atoms with Gasteiger partial charge in [-0.25, -0.2) is 4.79 Å². The zero-order valence-corrected chi connectivity index (χ0v) is 8.92. The number of alkyl halides is 2. The number of hydrogen-bond acceptors (Lipinski definition) is 5. The summed E-state index contributed by atoms with van der Waals surface area (Å²) >= 11 is 0. The van der Waals surface area contributed by atoms with Gasteiger partial charge in [-0.2, -0.15) is 8.78 Å². The molecule has 1 saturated heterocycles. The Hall–Kier alpha value is -1.58. The van der Waals surface area contributed by atoms with Gasteiger partial charge in [-0.3, -0.25) is 14.3 Å². The molecule has 0 radical (unpaired) electrons. The molecule has 0 amide bonds. The second-order valence-corrected chi connectivity index (χ2v) is 3.85. The minimum absolute atomic E-state index is 0.459. The van der Waals surface area contributed by atoms with E-state index >= 15 is 0 Å². The first-order chi connectivity index (χ1) is 8.37. The summed E-state index contributed by atoms with van der Waals surface area (Å²) in [4.78, 5) is 24.0. The predicted molar refractivity (Wildman–Crippen MR) is 53.3 cm³/mol. The highest BCUT2D eigenvalue weighted by Crippen LogP contribution is 2.41. The summed E-state index contributed by atoms with van der Waals surface area (Å²) in [5.74, 6) is -3.75. The molecule has 2 rings (SSSR count). The number of hydrogen-bond donors (Lipinski definition) is 3. The Labute approximate surface area is 98.3 Å². The lowest BCUT2D eigenvalue weighted by molar-refractivity contribution is -0.141. The van der Waals surface area contributed by atoms with Gasteiger partial charge in [0.2, 0.25) is 6.23 Å². The van der Waals surface area contributed by atoms with E-state index in [0.717, 1.165) is 12.3 Å². The highest BCUT2D eigenvalue weighted by Gasteiger charge is 2.59. The van der Waals surface area contributed by atoms with Gasteiger partial charge in [-0.15, -0.1) is 0 Å². The Bertz CT molecular complexity index is 554. The molecule has 18 heavy (non-hydrogen) atoms. The zero-order chi connectivity index (χ0) is 13.5. The first-order valence-electron chi connectivity index (χ1n) is 5.01. The van der Waals surface area contributed by atoms with Gasteiger partial charge < -0.3 is 14.9 Å². The molecule has 3 N–H and O–H groups in total. The third-order valence-corrected chi connectivity index (χ3v) is 2.66. The highest BCUT2D eigenvalue weighted by molar-refractivity contribution is 4.97. The van der Waals surface area contributed by atoms with Crippen molar-refractivity contribution in [2.45, 2.75) is 24.4 Å². The minimum Gasteiger partial charge on any atom is -0.394 e. The average Bonchev–Trinajstić information content (AvgIpc) is 2.52. The second kappa shape index (κ2) is 4.26. The molecule has 3 atom stereocenters. The average molecular weight is 264 g/mol. The van der Waals surface area contributed by atoms with Crippen LogP contribution in [0.1, 0.15) is 6.23 Å². The third-order valence-electron chi connectivity index (χ3n) is 2.66. The van der Waals surface area contributed by atoms with Gasteiger partial charge in [-0.1, -0.05) is 0 Å². The molecule has 1 fully saturated rings. The highest BCUT2D eigenvalue weighted by atomic mass is 19.3. The van der Waals surface area contributed by atoms with Crippen LogP contribution in [0.4, 0.5) is 8.78 Å². The van der Waals surface area contributed by atoms with Gasteiger partial charge in [0.1, 0.15) is 6.10 Å². The van der Waals surface area contributed by atoms with Crippen molar-refractivity contribution in [2.75, 3.05) is 6.61 Å². The fourth-order valence-corrected chi connectivity index (χ4v) is 1.73. The summed E-state index contributed by atoms with van der Waals surface area (Å²) in [6.45, 7) is -0.814. The van der Waals surface area contributed by atoms with Gasteiger partial charge in [0.05, 0.1) is 6.61 Å². The van der Waals surface area contributed by atoms with Crippen LogP contribution in [-0.2, 0) is 4.74 Å². The lowest BCUT2D eigenvalue weighted by Crippen LogP contribution is -2.42. The summed E-state index contributed by atoms with van der Waals surface area (Å²) in [7, 11) is 0. The fourth-order valence-electron chi connectivity index (χ4n) is 1.73. The van der Waals surface area contributed by atoms with Crippen LogP contribution in [0.25, 0.3) is 0 Å². The van der Waals surface area contributed by atoms with E-state index in [0.29, 0.717) is 4.57 Å². The molecule has 1 aromatic rings. The van der Waals surface area contributed by atoms with Crippen molar-refractivity contribution in [2.24, 2.45) is 0 Å². The summed E-state index contributed by atoms with van der Waals surface area (Å²) in [6.07, 6.45) is -4.96. The Morgan fingerprint density at radius 2 is 2.17 bits per heavy atom. The van der Waals surface area contributed by atoms with Gasteiger partial charge in [-0.05, 0) is 0 Å². The molecular formula is C9H10F2N2O5. The summed E-state index contributed by atoms with van der Waals surface area (Å²) < 4.78 is 32.5. The maximum atomic E-state index is 13.7. The van der Waals surface area contributed by atoms with Crippen molar-refractivity contribution in [3.05, 3.63) is 33.1 Å². The van der Waals surface area contributed by atoms with Crippen molar-refractivity contribution in [1.29, 1.82) is 0 Å². The van der Waals surface area contributed by atoms with Crippen molar-refractivity contribution >= 4 is 0 Å². The fraction of sp³-hybridized carbons (Fsp3) is 0.556. The number of aliphatic hydroxyl groups is 2. The number of halogens is 2. The molecule has 0 unspecified atom stereocenters. The summed E-state index contributed by atoms with van der Waals surface area (Å²) in [5, 5.41) is 18.1. The van der Waals surface area contributed by atoms with Crippen LogP contribution in [-0.4, -0.2) is 44.5 Å². The summed E-state index contributed by atoms with van der Waals surface area (Å²) in [6, 6.07) is 0.874. The molecule has 0 bridgehead atoms. The second-order valence-electron chi connectivity index (χ2n) is 3.85. The summed E-state index contributed by atoms with van der Waals surface area (Å²) in [5.41, 5.74) is -1.82. The first kappa shape index (κ1) is 12.9. The maximum absolute atomic E-state index is 13.7. The molecule has 1 aromatic heterocycles. The minimum atomic E-state index is -3.75. The van der Waals surface area contributed by atoms with E-state index in [1.807, 2.05) is 0 Å². The third kappa shape index (κ3) is 1.85. The van der Waals surface area contributed by atoms with E-state index in [-0.39, 0.29) is 0 Å². The molecule has 7 nitrogen and oxygen atoms in total. The zero-order valence-electron chi connectivity index (χ0n) is 8.92. The van der Waals surface area contributed by atoms with Crippen molar-refractivity contribution in [3.8, 4) is 0 Å². The molecule has 1 aliphatic heterocycles. The molecule has 0 spiro atoms. The molecule has 2 heterocycles. The number of aliphatic hydroxyl groups excluding tert-OH is 2. The molecule has 100 valence electrons. The molecule has 0 saturated carbocycles. The molecule has 0 aliphatic carbocycles. The Morgan fingerprint density at radius 3 is 2.67 bits per heavy atom. The standard InChI is InChI=1S/C9H10F2N2O5/c10-9(11)6(16)4(3-14)18-7(9)13-2-1-5(15)12-8(13)17/h1-2,4,6-7,14,16H,3H2,(H,12,15,17)/t4-,6-,7+/m0/s1. The van der Waals surface area contributed by atoms with Crippen molar-refractivity contribution < 1.29 is 23.7 Å². The van der Waals surface area contributed by atoms with E-state index in [1.165, 1.54) is 0 Å². The van der Waals surface area contributed by atoms with Gasteiger partial charge >= 0.3 is 11.6 Å². The Morgan fingerprint density at radius 1 is 1.50 bits per heavy atom. The lowest BCUT2D eigenvalue weighted by atomic mass is 10.1. The number of H-pyrrole nitrogens is 1. The number of aromatic nitrogens is 2. The van der Waals surface area contributed by atoms with Crippen molar-refractivity contribution in [1.82, 2.24) is 9.55 Å². The van der Waals surface area contributed by atoms with E-state index in [1.54, 1.807) is 4.98 Å². The number of rotatable bonds is 2. The van der Waals surface area contributed by atoms with Crippen molar-refractivity contribution in [3.63, 3.8) is 0 Å². The van der Waals surface area contributed by atoms with Crippen LogP contribution in [0, 0.1) is 0 Å². The van der Waals surface area contributed by atoms with E-state index in [4.69, 9.17) is 9.84 Å². The van der Waals surface area contributed by atoms with Gasteiger partial charge in [0.25, 0.3) is 5.56 Å². The smallest absolute Gasteiger partial charge is 0.330 e. The Kier molecular flexibility index (Phi) is 3.05.